The molecule has 2 atom stereocenters. The lowest BCUT2D eigenvalue weighted by molar-refractivity contribution is -0.0296. The number of aliphatic hydroxyl groups is 1. The average Bonchev–Trinajstić information content (AvgIpc) is 2.61. The third-order valence-corrected chi connectivity index (χ3v) is 4.45. The maximum atomic E-state index is 10.6. The van der Waals surface area contributed by atoms with E-state index in [1.165, 1.54) is 5.56 Å². The summed E-state index contributed by atoms with van der Waals surface area (Å²) >= 11 is 1.67. The van der Waals surface area contributed by atoms with Crippen molar-refractivity contribution in [1.82, 2.24) is 0 Å². The third-order valence-electron chi connectivity index (χ3n) is 3.33. The first-order valence-corrected chi connectivity index (χ1v) is 6.05. The van der Waals surface area contributed by atoms with Gasteiger partial charge in [-0.15, -0.1) is 11.3 Å². The van der Waals surface area contributed by atoms with Crippen molar-refractivity contribution in [3.63, 3.8) is 0 Å². The van der Waals surface area contributed by atoms with Crippen molar-refractivity contribution in [3.05, 3.63) is 21.9 Å². The predicted octanol–water partition coefficient (Wildman–Crippen LogP) is 1.87. The van der Waals surface area contributed by atoms with Gasteiger partial charge in [-0.1, -0.05) is 6.92 Å². The minimum Gasteiger partial charge on any atom is -0.384 e. The fourth-order valence-corrected chi connectivity index (χ4v) is 3.52. The first-order chi connectivity index (χ1) is 6.68. The van der Waals surface area contributed by atoms with Crippen LogP contribution in [-0.4, -0.2) is 11.7 Å². The largest absolute Gasteiger partial charge is 0.384 e. The molecule has 0 amide bonds. The van der Waals surface area contributed by atoms with Crippen molar-refractivity contribution in [3.8, 4) is 0 Å². The highest BCUT2D eigenvalue weighted by Crippen LogP contribution is 2.44. The second-order valence-corrected chi connectivity index (χ2v) is 5.09. The summed E-state index contributed by atoms with van der Waals surface area (Å²) in [5, 5.41) is 12.7. The van der Waals surface area contributed by atoms with E-state index in [4.69, 9.17) is 5.73 Å². The molecular formula is C11H17NOS. The molecule has 0 fully saturated rings. The molecule has 1 aliphatic rings. The number of hydrogen-bond donors (Lipinski definition) is 2. The number of nitrogens with two attached hydrogens (primary N) is 1. The standard InChI is InChI=1S/C11H17NOS/c1-8-2-3-9-4-7-14-10(9)11(8,13)5-6-12/h4,7-8,13H,2-3,5-6,12H2,1H3. The Balaban J connectivity index is 2.40. The minimum absolute atomic E-state index is 0.331. The van der Waals surface area contributed by atoms with Crippen LogP contribution in [0.5, 0.6) is 0 Å². The summed E-state index contributed by atoms with van der Waals surface area (Å²) in [6, 6.07) is 2.13. The van der Waals surface area contributed by atoms with Gasteiger partial charge < -0.3 is 10.8 Å². The second-order valence-electron chi connectivity index (χ2n) is 4.18. The fraction of sp³-hybridized carbons (Fsp3) is 0.636. The molecule has 0 aliphatic heterocycles. The van der Waals surface area contributed by atoms with Crippen LogP contribution < -0.4 is 5.73 Å². The zero-order valence-electron chi connectivity index (χ0n) is 8.49. The van der Waals surface area contributed by atoms with Crippen LogP contribution in [-0.2, 0) is 12.0 Å². The van der Waals surface area contributed by atoms with Crippen LogP contribution in [0.3, 0.4) is 0 Å². The van der Waals surface area contributed by atoms with Gasteiger partial charge in [0.1, 0.15) is 5.60 Å². The van der Waals surface area contributed by atoms with Crippen LogP contribution in [0.4, 0.5) is 0 Å². The molecule has 78 valence electrons. The molecule has 0 spiro atoms. The first-order valence-electron chi connectivity index (χ1n) is 5.18. The zero-order chi connectivity index (χ0) is 10.2. The topological polar surface area (TPSA) is 46.2 Å². The van der Waals surface area contributed by atoms with Gasteiger partial charge in [-0.05, 0) is 48.7 Å². The van der Waals surface area contributed by atoms with Gasteiger partial charge in [-0.2, -0.15) is 0 Å². The second kappa shape index (κ2) is 3.65. The summed E-state index contributed by atoms with van der Waals surface area (Å²) in [6.45, 7) is 2.68. The lowest BCUT2D eigenvalue weighted by Crippen LogP contribution is -2.38. The van der Waals surface area contributed by atoms with Crippen molar-refractivity contribution in [2.24, 2.45) is 11.7 Å². The van der Waals surface area contributed by atoms with E-state index in [-0.39, 0.29) is 0 Å². The Labute approximate surface area is 88.8 Å². The Bertz CT molecular complexity index is 323. The third kappa shape index (κ3) is 1.40. The normalized spacial score (nSPS) is 31.5. The first kappa shape index (κ1) is 10.1. The van der Waals surface area contributed by atoms with Crippen molar-refractivity contribution in [2.45, 2.75) is 31.8 Å². The lowest BCUT2D eigenvalue weighted by atomic mass is 9.75. The Hall–Kier alpha value is -0.380. The highest BCUT2D eigenvalue weighted by molar-refractivity contribution is 7.10. The molecule has 0 radical (unpaired) electrons. The van der Waals surface area contributed by atoms with Gasteiger partial charge in [0.25, 0.3) is 0 Å². The van der Waals surface area contributed by atoms with E-state index in [9.17, 15) is 5.11 Å². The molecule has 1 heterocycles. The molecule has 0 saturated heterocycles. The highest BCUT2D eigenvalue weighted by Gasteiger charge is 2.40. The Kier molecular flexibility index (Phi) is 2.64. The molecule has 1 aliphatic carbocycles. The molecule has 2 rings (SSSR count). The SMILES string of the molecule is CC1CCc2ccsc2C1(O)CCN. The lowest BCUT2D eigenvalue weighted by Gasteiger charge is -2.37. The molecule has 1 aromatic rings. The van der Waals surface area contributed by atoms with Crippen LogP contribution in [0.15, 0.2) is 11.4 Å². The van der Waals surface area contributed by atoms with Crippen LogP contribution in [0.1, 0.15) is 30.2 Å². The van der Waals surface area contributed by atoms with E-state index >= 15 is 0 Å². The zero-order valence-corrected chi connectivity index (χ0v) is 9.31. The number of hydrogen-bond acceptors (Lipinski definition) is 3. The molecule has 3 N–H and O–H groups in total. The molecule has 3 heteroatoms. The number of fused-ring (bicyclic) bond motifs is 1. The van der Waals surface area contributed by atoms with Crippen LogP contribution in [0.2, 0.25) is 0 Å². The molecule has 1 aromatic heterocycles. The Morgan fingerprint density at radius 2 is 2.50 bits per heavy atom. The summed E-state index contributed by atoms with van der Waals surface area (Å²) in [5.41, 5.74) is 6.24. The summed E-state index contributed by atoms with van der Waals surface area (Å²) in [7, 11) is 0. The summed E-state index contributed by atoms with van der Waals surface area (Å²) in [4.78, 5) is 1.15. The molecule has 14 heavy (non-hydrogen) atoms. The van der Waals surface area contributed by atoms with Crippen LogP contribution >= 0.6 is 11.3 Å². The van der Waals surface area contributed by atoms with Gasteiger partial charge in [0, 0.05) is 4.88 Å². The van der Waals surface area contributed by atoms with Crippen molar-refractivity contribution in [1.29, 1.82) is 0 Å². The Morgan fingerprint density at radius 1 is 1.71 bits per heavy atom. The van der Waals surface area contributed by atoms with Gasteiger partial charge in [-0.3, -0.25) is 0 Å². The van der Waals surface area contributed by atoms with Gasteiger partial charge in [0.15, 0.2) is 0 Å². The van der Waals surface area contributed by atoms with E-state index in [1.54, 1.807) is 11.3 Å². The quantitative estimate of drug-likeness (QED) is 0.784. The summed E-state index contributed by atoms with van der Waals surface area (Å²) in [6.07, 6.45) is 2.86. The fourth-order valence-electron chi connectivity index (χ4n) is 2.33. The van der Waals surface area contributed by atoms with E-state index in [0.29, 0.717) is 18.9 Å². The van der Waals surface area contributed by atoms with Crippen molar-refractivity contribution >= 4 is 11.3 Å². The minimum atomic E-state index is -0.656. The monoisotopic (exact) mass is 211 g/mol. The number of thiophene rings is 1. The van der Waals surface area contributed by atoms with Gasteiger partial charge in [0.2, 0.25) is 0 Å². The molecular weight excluding hydrogens is 194 g/mol. The van der Waals surface area contributed by atoms with E-state index in [2.05, 4.69) is 18.4 Å². The van der Waals surface area contributed by atoms with Crippen molar-refractivity contribution in [2.75, 3.05) is 6.54 Å². The highest BCUT2D eigenvalue weighted by atomic mass is 32.1. The summed E-state index contributed by atoms with van der Waals surface area (Å²) in [5.74, 6) is 0.331. The molecule has 2 unspecified atom stereocenters. The number of rotatable bonds is 2. The van der Waals surface area contributed by atoms with Gasteiger partial charge >= 0.3 is 0 Å². The van der Waals surface area contributed by atoms with Crippen LogP contribution in [0, 0.1) is 5.92 Å². The van der Waals surface area contributed by atoms with Gasteiger partial charge in [-0.25, -0.2) is 0 Å². The molecule has 0 bridgehead atoms. The van der Waals surface area contributed by atoms with E-state index < -0.39 is 5.60 Å². The van der Waals surface area contributed by atoms with Gasteiger partial charge in [0.05, 0.1) is 0 Å². The Morgan fingerprint density at radius 3 is 3.21 bits per heavy atom. The van der Waals surface area contributed by atoms with Crippen LogP contribution in [0.25, 0.3) is 0 Å². The summed E-state index contributed by atoms with van der Waals surface area (Å²) < 4.78 is 0. The molecule has 0 aromatic carbocycles. The maximum absolute atomic E-state index is 10.6. The smallest absolute Gasteiger partial charge is 0.103 e. The molecule has 0 saturated carbocycles. The predicted molar refractivity (Wildman–Crippen MR) is 59.4 cm³/mol. The van der Waals surface area contributed by atoms with E-state index in [0.717, 1.165) is 17.7 Å². The average molecular weight is 211 g/mol. The molecule has 2 nitrogen and oxygen atoms in total. The maximum Gasteiger partial charge on any atom is 0.103 e. The number of aryl methyl sites for hydroxylation is 1. The van der Waals surface area contributed by atoms with Crippen molar-refractivity contribution < 1.29 is 5.11 Å². The van der Waals surface area contributed by atoms with E-state index in [1.807, 2.05) is 0 Å².